The first-order valence-electron chi connectivity index (χ1n) is 10.0. The second-order valence-electron chi connectivity index (χ2n) is 7.12. The summed E-state index contributed by atoms with van der Waals surface area (Å²) in [5.41, 5.74) is 2.48. The molecule has 174 valence electrons. The van der Waals surface area contributed by atoms with E-state index in [1.807, 2.05) is 30.3 Å². The molecule has 3 aromatic carbocycles. The van der Waals surface area contributed by atoms with Crippen molar-refractivity contribution in [3.63, 3.8) is 0 Å². The zero-order valence-corrected chi connectivity index (χ0v) is 20.7. The molecule has 1 unspecified atom stereocenters. The summed E-state index contributed by atoms with van der Waals surface area (Å²) in [6, 6.07) is 21.2. The maximum Gasteiger partial charge on any atom is 0.268 e. The second-order valence-corrected chi connectivity index (χ2v) is 9.29. The van der Waals surface area contributed by atoms with Crippen LogP contribution in [-0.2, 0) is 24.2 Å². The maximum absolute atomic E-state index is 13.1. The van der Waals surface area contributed by atoms with Gasteiger partial charge in [0.15, 0.2) is 5.82 Å². The molecule has 0 saturated heterocycles. The van der Waals surface area contributed by atoms with Gasteiger partial charge in [-0.3, -0.25) is 9.35 Å². The molecule has 0 spiro atoms. The van der Waals surface area contributed by atoms with Gasteiger partial charge in [-0.15, -0.1) is 0 Å². The molecule has 34 heavy (non-hydrogen) atoms. The molecule has 0 aliphatic rings. The molecule has 11 heteroatoms. The third-order valence-electron chi connectivity index (χ3n) is 4.95. The van der Waals surface area contributed by atoms with Gasteiger partial charge in [-0.25, -0.2) is 8.51 Å². The minimum Gasteiger partial charge on any atom is -0.348 e. The largest absolute Gasteiger partial charge is 0.348 e. The van der Waals surface area contributed by atoms with Crippen molar-refractivity contribution in [2.45, 2.75) is 13.0 Å². The van der Waals surface area contributed by atoms with Crippen LogP contribution in [0.1, 0.15) is 27.2 Å². The van der Waals surface area contributed by atoms with Crippen molar-refractivity contribution in [3.05, 3.63) is 105 Å². The Kier molecular flexibility index (Phi) is 7.91. The molecule has 0 fully saturated rings. The van der Waals surface area contributed by atoms with Gasteiger partial charge in [-0.1, -0.05) is 71.7 Å². The van der Waals surface area contributed by atoms with Gasteiger partial charge in [-0.05, 0) is 29.8 Å². The highest BCUT2D eigenvalue weighted by molar-refractivity contribution is 7.81. The Morgan fingerprint density at radius 2 is 1.65 bits per heavy atom. The van der Waals surface area contributed by atoms with E-state index in [0.29, 0.717) is 27.7 Å². The van der Waals surface area contributed by atoms with E-state index < -0.39 is 17.2 Å². The first kappa shape index (κ1) is 24.3. The van der Waals surface area contributed by atoms with Gasteiger partial charge >= 0.3 is 0 Å². The Morgan fingerprint density at radius 3 is 2.35 bits per heavy atom. The van der Waals surface area contributed by atoms with E-state index in [-0.39, 0.29) is 23.6 Å². The Hall–Kier alpha value is -2.82. The molecule has 2 N–H and O–H groups in total. The Labute approximate surface area is 213 Å². The summed E-state index contributed by atoms with van der Waals surface area (Å²) in [5, 5.41) is 3.64. The molecule has 4 aromatic rings. The smallest absolute Gasteiger partial charge is 0.268 e. The monoisotopic (exact) mass is 532 g/mol. The highest BCUT2D eigenvalue weighted by atomic mass is 35.5. The van der Waals surface area contributed by atoms with Gasteiger partial charge in [0, 0.05) is 28.6 Å². The lowest BCUT2D eigenvalue weighted by molar-refractivity contribution is 0.0951. The summed E-state index contributed by atoms with van der Waals surface area (Å²) < 4.78 is 32.3. The minimum atomic E-state index is -2.51. The molecular weight excluding hydrogens is 515 g/mol. The summed E-state index contributed by atoms with van der Waals surface area (Å²) in [7, 11) is 0. The number of carbonyl (C=O) groups is 1. The number of halogens is 2. The molecule has 0 aliphatic heterocycles. The van der Waals surface area contributed by atoms with Crippen molar-refractivity contribution < 1.29 is 13.6 Å². The molecule has 1 atom stereocenters. The molecule has 0 radical (unpaired) electrons. The van der Waals surface area contributed by atoms with Crippen LogP contribution in [0, 0.1) is 0 Å². The van der Waals surface area contributed by atoms with Crippen LogP contribution in [0.2, 0.25) is 10.0 Å². The van der Waals surface area contributed by atoms with Crippen molar-refractivity contribution in [1.29, 1.82) is 0 Å². The quantitative estimate of drug-likeness (QED) is 0.286. The number of anilines is 2. The minimum absolute atomic E-state index is 0.0887. The number of para-hydroxylation sites is 1. The van der Waals surface area contributed by atoms with E-state index in [1.54, 1.807) is 42.5 Å². The van der Waals surface area contributed by atoms with Crippen LogP contribution in [0.15, 0.2) is 72.8 Å². The van der Waals surface area contributed by atoms with E-state index >= 15 is 0 Å². The van der Waals surface area contributed by atoms with Gasteiger partial charge in [0.2, 0.25) is 0 Å². The number of hydrogen-bond acceptors (Lipinski definition) is 5. The zero-order valence-electron chi connectivity index (χ0n) is 17.5. The lowest BCUT2D eigenvalue weighted by Crippen LogP contribution is -2.28. The molecule has 0 aliphatic carbocycles. The Bertz CT molecular complexity index is 1310. The third-order valence-corrected chi connectivity index (χ3v) is 6.90. The second kappa shape index (κ2) is 11.1. The van der Waals surface area contributed by atoms with Crippen molar-refractivity contribution in [2.75, 3.05) is 4.31 Å². The molecular formula is C23H18Cl2N4O3S2. The van der Waals surface area contributed by atoms with Crippen LogP contribution in [-0.4, -0.2) is 23.4 Å². The van der Waals surface area contributed by atoms with Gasteiger partial charge in [-0.2, -0.15) is 8.75 Å². The molecule has 1 aromatic heterocycles. The molecule has 0 bridgehead atoms. The van der Waals surface area contributed by atoms with Crippen LogP contribution < -0.4 is 9.62 Å². The summed E-state index contributed by atoms with van der Waals surface area (Å²) in [6.45, 7) is 0.0887. The van der Waals surface area contributed by atoms with Crippen molar-refractivity contribution in [1.82, 2.24) is 14.1 Å². The SMILES string of the molecule is O=C(NCc1c(Cl)cccc1Cl)c1ccccc1N(c1nsnc1Cc1ccccc1)S(=O)O. The van der Waals surface area contributed by atoms with Crippen LogP contribution in [0.3, 0.4) is 0 Å². The van der Waals surface area contributed by atoms with Gasteiger partial charge < -0.3 is 5.32 Å². The highest BCUT2D eigenvalue weighted by Gasteiger charge is 2.27. The normalized spacial score (nSPS) is 11.7. The number of hydrogen-bond donors (Lipinski definition) is 2. The number of benzene rings is 3. The Morgan fingerprint density at radius 1 is 0.971 bits per heavy atom. The van der Waals surface area contributed by atoms with Crippen LogP contribution in [0.25, 0.3) is 0 Å². The van der Waals surface area contributed by atoms with E-state index in [1.165, 1.54) is 0 Å². The number of aromatic nitrogens is 2. The summed E-state index contributed by atoms with van der Waals surface area (Å²) in [5.74, 6) is -0.251. The molecule has 4 rings (SSSR count). The van der Waals surface area contributed by atoms with E-state index in [9.17, 15) is 13.6 Å². The average molecular weight is 533 g/mol. The first-order valence-corrected chi connectivity index (χ1v) is 12.6. The standard InChI is InChI=1S/C23H18Cl2N4O3S2/c24-18-10-6-11-19(25)17(18)14-26-23(30)16-9-4-5-12-21(16)29(34(31)32)22-20(27-33-28-22)13-15-7-2-1-3-8-15/h1-12H,13-14H2,(H,26,30)(H,31,32). The highest BCUT2D eigenvalue weighted by Crippen LogP contribution is 2.32. The fraction of sp³-hybridized carbons (Fsp3) is 0.0870. The predicted molar refractivity (Wildman–Crippen MR) is 136 cm³/mol. The fourth-order valence-electron chi connectivity index (χ4n) is 3.34. The first-order chi connectivity index (χ1) is 16.5. The van der Waals surface area contributed by atoms with Gasteiger partial charge in [0.05, 0.1) is 23.0 Å². The summed E-state index contributed by atoms with van der Waals surface area (Å²) >= 11 is 10.8. The number of nitrogens with zero attached hydrogens (tertiary/aromatic N) is 3. The van der Waals surface area contributed by atoms with Gasteiger partial charge in [0.1, 0.15) is 5.69 Å². The fourth-order valence-corrected chi connectivity index (χ4v) is 5.09. The number of amides is 1. The lowest BCUT2D eigenvalue weighted by Gasteiger charge is -2.21. The molecule has 1 heterocycles. The predicted octanol–water partition coefficient (Wildman–Crippen LogP) is 5.64. The molecule has 0 saturated carbocycles. The number of nitrogens with one attached hydrogen (secondary N) is 1. The van der Waals surface area contributed by atoms with Crippen LogP contribution in [0.5, 0.6) is 0 Å². The van der Waals surface area contributed by atoms with E-state index in [4.69, 9.17) is 23.2 Å². The summed E-state index contributed by atoms with van der Waals surface area (Å²) in [6.07, 6.45) is 0.416. The topological polar surface area (TPSA) is 95.4 Å². The Balaban J connectivity index is 1.64. The van der Waals surface area contributed by atoms with Crippen molar-refractivity contribution in [3.8, 4) is 0 Å². The van der Waals surface area contributed by atoms with Crippen molar-refractivity contribution in [2.24, 2.45) is 0 Å². The van der Waals surface area contributed by atoms with Crippen LogP contribution in [0.4, 0.5) is 11.5 Å². The van der Waals surface area contributed by atoms with Crippen LogP contribution >= 0.6 is 34.9 Å². The summed E-state index contributed by atoms with van der Waals surface area (Å²) in [4.78, 5) is 13.1. The molecule has 1 amide bonds. The van der Waals surface area contributed by atoms with Crippen molar-refractivity contribution >= 4 is 63.6 Å². The number of carbonyl (C=O) groups excluding carboxylic acids is 1. The average Bonchev–Trinajstić information content (AvgIpc) is 3.27. The zero-order chi connectivity index (χ0) is 24.1. The van der Waals surface area contributed by atoms with E-state index in [0.717, 1.165) is 21.6 Å². The maximum atomic E-state index is 13.1. The molecule has 7 nitrogen and oxygen atoms in total. The van der Waals surface area contributed by atoms with E-state index in [2.05, 4.69) is 14.1 Å². The third kappa shape index (κ3) is 5.45. The number of rotatable bonds is 8. The van der Waals surface area contributed by atoms with Gasteiger partial charge in [0.25, 0.3) is 17.2 Å². The lowest BCUT2D eigenvalue weighted by atomic mass is 10.1.